The highest BCUT2D eigenvalue weighted by atomic mass is 16.5. The fraction of sp³-hybridized carbons (Fsp3) is 0.250. The lowest BCUT2D eigenvalue weighted by Crippen LogP contribution is -2.34. The molecule has 0 bridgehead atoms. The van der Waals surface area contributed by atoms with Gasteiger partial charge in [0.15, 0.2) is 0 Å². The van der Waals surface area contributed by atoms with E-state index in [1.54, 1.807) is 10.9 Å². The third-order valence-corrected chi connectivity index (χ3v) is 5.40. The van der Waals surface area contributed by atoms with Crippen LogP contribution in [0.3, 0.4) is 0 Å². The van der Waals surface area contributed by atoms with Gasteiger partial charge < -0.3 is 19.0 Å². The first-order chi connectivity index (χ1) is 17.1. The molecular weight excluding hydrogens is 442 g/mol. The van der Waals surface area contributed by atoms with Gasteiger partial charge in [-0.15, -0.1) is 6.42 Å². The zero-order valence-electron chi connectivity index (χ0n) is 19.7. The van der Waals surface area contributed by atoms with Crippen LogP contribution in [0.1, 0.15) is 11.3 Å². The molecule has 0 saturated heterocycles. The number of aliphatic hydroxyl groups excluding tert-OH is 1. The Kier molecular flexibility index (Phi) is 8.36. The van der Waals surface area contributed by atoms with Crippen LogP contribution < -0.4 is 4.74 Å². The van der Waals surface area contributed by atoms with E-state index in [0.29, 0.717) is 25.5 Å². The fourth-order valence-electron chi connectivity index (χ4n) is 3.89. The van der Waals surface area contributed by atoms with Crippen LogP contribution in [0.25, 0.3) is 11.3 Å². The number of nitrogens with zero attached hydrogens (tertiary/aromatic N) is 3. The number of rotatable bonds is 12. The van der Waals surface area contributed by atoms with Gasteiger partial charge in [-0.05, 0) is 24.3 Å². The molecule has 35 heavy (non-hydrogen) atoms. The number of hydrogen-bond donors (Lipinski definition) is 1. The lowest BCUT2D eigenvalue weighted by molar-refractivity contribution is 0.0229. The topological polar surface area (TPSA) is 72.9 Å². The van der Waals surface area contributed by atoms with E-state index in [9.17, 15) is 5.11 Å². The number of aromatic nitrogens is 2. The van der Waals surface area contributed by atoms with E-state index in [1.165, 1.54) is 0 Å². The smallest absolute Gasteiger partial charge is 0.222 e. The maximum atomic E-state index is 10.6. The van der Waals surface area contributed by atoms with Gasteiger partial charge in [-0.1, -0.05) is 54.5 Å². The molecule has 4 aromatic rings. The minimum absolute atomic E-state index is 0.144. The highest BCUT2D eigenvalue weighted by Crippen LogP contribution is 2.34. The van der Waals surface area contributed by atoms with Crippen LogP contribution in [-0.4, -0.2) is 45.6 Å². The number of ether oxygens (including phenoxy) is 2. The van der Waals surface area contributed by atoms with E-state index in [4.69, 9.17) is 25.4 Å². The molecule has 0 amide bonds. The summed E-state index contributed by atoms with van der Waals surface area (Å²) in [4.78, 5) is 2.09. The highest BCUT2D eigenvalue weighted by Gasteiger charge is 2.24. The van der Waals surface area contributed by atoms with Crippen molar-refractivity contribution >= 4 is 0 Å². The molecule has 0 saturated carbocycles. The number of hydrogen-bond acceptors (Lipinski definition) is 6. The molecule has 2 heterocycles. The second-order valence-corrected chi connectivity index (χ2v) is 8.16. The Bertz CT molecular complexity index is 1210. The van der Waals surface area contributed by atoms with E-state index in [2.05, 4.69) is 10.8 Å². The molecule has 7 heteroatoms. The molecule has 2 aromatic heterocycles. The summed E-state index contributed by atoms with van der Waals surface area (Å²) < 4.78 is 19.0. The van der Waals surface area contributed by atoms with Crippen molar-refractivity contribution in [1.29, 1.82) is 0 Å². The van der Waals surface area contributed by atoms with Gasteiger partial charge in [0.05, 0.1) is 31.1 Å². The average Bonchev–Trinajstić information content (AvgIpc) is 3.49. The number of aliphatic hydroxyl groups is 1. The van der Waals surface area contributed by atoms with Crippen LogP contribution in [0.15, 0.2) is 83.5 Å². The van der Waals surface area contributed by atoms with Crippen LogP contribution >= 0.6 is 0 Å². The minimum Gasteiger partial charge on any atom is -0.468 e. The summed E-state index contributed by atoms with van der Waals surface area (Å²) in [6.45, 7) is 1.61. The quantitative estimate of drug-likeness (QED) is 0.243. The van der Waals surface area contributed by atoms with Crippen molar-refractivity contribution in [2.45, 2.75) is 19.2 Å². The zero-order chi connectivity index (χ0) is 24.5. The summed E-state index contributed by atoms with van der Waals surface area (Å²) in [6, 6.07) is 23.4. The summed E-state index contributed by atoms with van der Waals surface area (Å²) in [7, 11) is 1.87. The van der Waals surface area contributed by atoms with E-state index < -0.39 is 6.10 Å². The van der Waals surface area contributed by atoms with Crippen LogP contribution in [0.5, 0.6) is 11.6 Å². The number of aryl methyl sites for hydroxylation is 1. The van der Waals surface area contributed by atoms with Crippen LogP contribution in [-0.2, 0) is 24.9 Å². The highest BCUT2D eigenvalue weighted by molar-refractivity contribution is 5.65. The molecule has 0 spiro atoms. The molecule has 0 unspecified atom stereocenters. The van der Waals surface area contributed by atoms with E-state index in [1.807, 2.05) is 79.8 Å². The van der Waals surface area contributed by atoms with Gasteiger partial charge in [0, 0.05) is 25.7 Å². The largest absolute Gasteiger partial charge is 0.468 e. The number of para-hydroxylation sites is 1. The minimum atomic E-state index is -0.728. The average molecular weight is 472 g/mol. The summed E-state index contributed by atoms with van der Waals surface area (Å²) in [6.07, 6.45) is 6.17. The van der Waals surface area contributed by atoms with E-state index in [0.717, 1.165) is 28.3 Å². The molecule has 1 atom stereocenters. The molecule has 0 fully saturated rings. The maximum Gasteiger partial charge on any atom is 0.222 e. The Morgan fingerprint density at radius 2 is 1.80 bits per heavy atom. The molecule has 1 N–H and O–H groups in total. The van der Waals surface area contributed by atoms with Gasteiger partial charge in [-0.25, -0.2) is 4.68 Å². The second-order valence-electron chi connectivity index (χ2n) is 8.16. The van der Waals surface area contributed by atoms with Crippen molar-refractivity contribution in [1.82, 2.24) is 14.7 Å². The monoisotopic (exact) mass is 471 g/mol. The Hall–Kier alpha value is -3.83. The van der Waals surface area contributed by atoms with E-state index >= 15 is 0 Å². The maximum absolute atomic E-state index is 10.6. The standard InChI is InChI=1S/C28H29N3O4/c1-3-16-33-21-23(32)18-31(19-25-15-10-17-34-25)20-26-27(22-11-6-4-7-12-22)29-30(2)28(26)35-24-13-8-5-9-14-24/h1,4-15,17,23,32H,16,18-21H2,2H3/t23-/m0/s1. The second kappa shape index (κ2) is 12.0. The van der Waals surface area contributed by atoms with Crippen molar-refractivity contribution in [3.63, 3.8) is 0 Å². The number of benzene rings is 2. The molecule has 0 radical (unpaired) electrons. The zero-order valence-corrected chi connectivity index (χ0v) is 19.7. The molecule has 7 nitrogen and oxygen atoms in total. The SMILES string of the molecule is C#CCOC[C@@H](O)CN(Cc1ccco1)Cc1c(-c2ccccc2)nn(C)c1Oc1ccccc1. The molecule has 0 aliphatic carbocycles. The van der Waals surface area contributed by atoms with Crippen LogP contribution in [0.4, 0.5) is 0 Å². The summed E-state index contributed by atoms with van der Waals surface area (Å²) in [5.74, 6) is 4.57. The summed E-state index contributed by atoms with van der Waals surface area (Å²) in [5, 5.41) is 15.4. The van der Waals surface area contributed by atoms with Gasteiger partial charge in [-0.2, -0.15) is 5.10 Å². The van der Waals surface area contributed by atoms with Crippen molar-refractivity contribution in [3.05, 3.63) is 90.4 Å². The summed E-state index contributed by atoms with van der Waals surface area (Å²) >= 11 is 0. The fourth-order valence-corrected chi connectivity index (χ4v) is 3.89. The third kappa shape index (κ3) is 6.61. The Balaban J connectivity index is 1.67. The molecule has 0 aliphatic heterocycles. The van der Waals surface area contributed by atoms with Crippen molar-refractivity contribution in [3.8, 4) is 35.2 Å². The first-order valence-electron chi connectivity index (χ1n) is 11.4. The van der Waals surface area contributed by atoms with Crippen molar-refractivity contribution in [2.24, 2.45) is 7.05 Å². The first-order valence-corrected chi connectivity index (χ1v) is 11.4. The molecule has 2 aromatic carbocycles. The molecule has 180 valence electrons. The Labute approximate surface area is 205 Å². The lowest BCUT2D eigenvalue weighted by Gasteiger charge is -2.24. The van der Waals surface area contributed by atoms with Crippen molar-refractivity contribution in [2.75, 3.05) is 19.8 Å². The lowest BCUT2D eigenvalue weighted by atomic mass is 10.1. The van der Waals surface area contributed by atoms with E-state index in [-0.39, 0.29) is 13.2 Å². The van der Waals surface area contributed by atoms with Gasteiger partial charge in [0.25, 0.3) is 0 Å². The molecule has 4 rings (SSSR count). The third-order valence-electron chi connectivity index (χ3n) is 5.40. The number of terminal acetylenes is 1. The van der Waals surface area contributed by atoms with Crippen LogP contribution in [0.2, 0.25) is 0 Å². The predicted octanol–water partition coefficient (Wildman–Crippen LogP) is 4.49. The van der Waals surface area contributed by atoms with Gasteiger partial charge in [0.2, 0.25) is 5.88 Å². The summed E-state index contributed by atoms with van der Waals surface area (Å²) in [5.41, 5.74) is 2.71. The van der Waals surface area contributed by atoms with Gasteiger partial charge in [0.1, 0.15) is 23.8 Å². The van der Waals surface area contributed by atoms with Crippen LogP contribution in [0, 0.1) is 12.3 Å². The van der Waals surface area contributed by atoms with Gasteiger partial charge >= 0.3 is 0 Å². The number of furan rings is 1. The Morgan fingerprint density at radius 3 is 2.49 bits per heavy atom. The Morgan fingerprint density at radius 1 is 1.06 bits per heavy atom. The normalized spacial score (nSPS) is 11.9. The predicted molar refractivity (Wildman–Crippen MR) is 134 cm³/mol. The molecular formula is C28H29N3O4. The van der Waals surface area contributed by atoms with Crippen molar-refractivity contribution < 1.29 is 19.0 Å². The van der Waals surface area contributed by atoms with Gasteiger partial charge in [-0.3, -0.25) is 4.90 Å². The molecule has 0 aliphatic rings. The first kappa shape index (κ1) is 24.3.